The molecule has 7 heteroatoms. The number of carboxylic acid groups (broad SMARTS) is 1. The first-order valence-corrected chi connectivity index (χ1v) is 6.85. The fourth-order valence-corrected chi connectivity index (χ4v) is 2.98. The summed E-state index contributed by atoms with van der Waals surface area (Å²) in [6.45, 7) is 0. The van der Waals surface area contributed by atoms with Crippen molar-refractivity contribution < 1.29 is 19.5 Å². The Morgan fingerprint density at radius 2 is 1.60 bits per heavy atom. The molecule has 7 N–H and O–H groups in total. The molecular formula is C13H23N3O4. The van der Waals surface area contributed by atoms with Crippen molar-refractivity contribution >= 4 is 17.7 Å². The minimum absolute atomic E-state index is 0.147. The van der Waals surface area contributed by atoms with Crippen LogP contribution in [0.3, 0.4) is 0 Å². The summed E-state index contributed by atoms with van der Waals surface area (Å²) in [7, 11) is 0. The van der Waals surface area contributed by atoms with Gasteiger partial charge < -0.3 is 22.3 Å². The predicted molar refractivity (Wildman–Crippen MR) is 72.5 cm³/mol. The third-order valence-electron chi connectivity index (χ3n) is 4.04. The topological polar surface area (TPSA) is 150 Å². The third kappa shape index (κ3) is 4.01. The van der Waals surface area contributed by atoms with Crippen LogP contribution in [0.1, 0.15) is 44.9 Å². The van der Waals surface area contributed by atoms with Crippen LogP contribution in [0.4, 0.5) is 0 Å². The van der Waals surface area contributed by atoms with Crippen LogP contribution >= 0.6 is 0 Å². The summed E-state index contributed by atoms with van der Waals surface area (Å²) >= 11 is 0. The summed E-state index contributed by atoms with van der Waals surface area (Å²) in [5.74, 6) is -2.08. The standard InChI is InChI=1S/C13H23N3O4/c14-8(6-10(17)18)11(19)13(4-2-1-3-5-13)7-9(15)12(16)20/h8-9H,1-7,14-15H2,(H2,16,20)(H,17,18)/t8-,9-/m0/s1. The summed E-state index contributed by atoms with van der Waals surface area (Å²) in [5, 5.41) is 8.75. The molecule has 1 saturated carbocycles. The molecule has 1 amide bonds. The maximum absolute atomic E-state index is 12.5. The number of carbonyl (C=O) groups is 3. The van der Waals surface area contributed by atoms with E-state index < -0.39 is 35.8 Å². The van der Waals surface area contributed by atoms with Gasteiger partial charge in [-0.2, -0.15) is 0 Å². The Bertz CT molecular complexity index is 391. The van der Waals surface area contributed by atoms with Gasteiger partial charge in [0.05, 0.1) is 18.5 Å². The molecule has 0 bridgehead atoms. The van der Waals surface area contributed by atoms with Crippen molar-refractivity contribution in [3.8, 4) is 0 Å². The molecule has 1 fully saturated rings. The minimum Gasteiger partial charge on any atom is -0.481 e. The number of aliphatic carboxylic acids is 1. The van der Waals surface area contributed by atoms with Gasteiger partial charge in [-0.3, -0.25) is 14.4 Å². The van der Waals surface area contributed by atoms with E-state index >= 15 is 0 Å². The Kier molecular flexibility index (Phi) is 5.64. The van der Waals surface area contributed by atoms with Crippen molar-refractivity contribution in [3.05, 3.63) is 0 Å². The zero-order valence-electron chi connectivity index (χ0n) is 11.5. The lowest BCUT2D eigenvalue weighted by Crippen LogP contribution is -2.50. The van der Waals surface area contributed by atoms with Crippen molar-refractivity contribution in [1.82, 2.24) is 0 Å². The number of nitrogens with two attached hydrogens (primary N) is 3. The molecule has 1 rings (SSSR count). The molecule has 1 aliphatic carbocycles. The van der Waals surface area contributed by atoms with Crippen LogP contribution in [0.25, 0.3) is 0 Å². The number of carbonyl (C=O) groups excluding carboxylic acids is 2. The normalized spacial score (nSPS) is 20.9. The number of carboxylic acids is 1. The predicted octanol–water partition coefficient (Wildman–Crippen LogP) is -0.489. The Balaban J connectivity index is 2.89. The van der Waals surface area contributed by atoms with Gasteiger partial charge in [-0.05, 0) is 19.3 Å². The molecule has 114 valence electrons. The van der Waals surface area contributed by atoms with Crippen LogP contribution in [0, 0.1) is 5.41 Å². The first kappa shape index (κ1) is 16.6. The highest BCUT2D eigenvalue weighted by Crippen LogP contribution is 2.41. The van der Waals surface area contributed by atoms with Gasteiger partial charge in [0.15, 0.2) is 5.78 Å². The quantitative estimate of drug-likeness (QED) is 0.495. The van der Waals surface area contributed by atoms with Crippen molar-refractivity contribution in [2.75, 3.05) is 0 Å². The van der Waals surface area contributed by atoms with Crippen molar-refractivity contribution in [1.29, 1.82) is 0 Å². The van der Waals surface area contributed by atoms with Gasteiger partial charge >= 0.3 is 5.97 Å². The van der Waals surface area contributed by atoms with Crippen LogP contribution < -0.4 is 17.2 Å². The van der Waals surface area contributed by atoms with E-state index in [2.05, 4.69) is 0 Å². The number of hydrogen-bond donors (Lipinski definition) is 4. The van der Waals surface area contributed by atoms with Crippen LogP contribution in [-0.2, 0) is 14.4 Å². The summed E-state index contributed by atoms with van der Waals surface area (Å²) in [6.07, 6.45) is 3.60. The van der Waals surface area contributed by atoms with E-state index in [-0.39, 0.29) is 12.2 Å². The minimum atomic E-state index is -1.11. The smallest absolute Gasteiger partial charge is 0.305 e. The third-order valence-corrected chi connectivity index (χ3v) is 4.04. The van der Waals surface area contributed by atoms with Crippen molar-refractivity contribution in [3.63, 3.8) is 0 Å². The Morgan fingerprint density at radius 3 is 2.05 bits per heavy atom. The van der Waals surface area contributed by atoms with Crippen LogP contribution in [0.15, 0.2) is 0 Å². The fourth-order valence-electron chi connectivity index (χ4n) is 2.98. The van der Waals surface area contributed by atoms with Gasteiger partial charge in [0.1, 0.15) is 0 Å². The molecule has 0 unspecified atom stereocenters. The molecule has 0 aromatic carbocycles. The molecule has 7 nitrogen and oxygen atoms in total. The number of Topliss-reactive ketones (excluding diaryl/α,β-unsaturated/α-hetero) is 1. The SMILES string of the molecule is NC(=O)[C@@H](N)CC1(C(=O)[C@@H](N)CC(=O)O)CCCCC1. The zero-order chi connectivity index (χ0) is 15.3. The van der Waals surface area contributed by atoms with E-state index in [9.17, 15) is 14.4 Å². The molecule has 0 radical (unpaired) electrons. The lowest BCUT2D eigenvalue weighted by Gasteiger charge is -2.38. The first-order chi connectivity index (χ1) is 9.28. The number of primary amides is 1. The Hall–Kier alpha value is -1.47. The monoisotopic (exact) mass is 285 g/mol. The average Bonchev–Trinajstić information content (AvgIpc) is 2.37. The van der Waals surface area contributed by atoms with Crippen LogP contribution in [0.5, 0.6) is 0 Å². The molecule has 0 heterocycles. The van der Waals surface area contributed by atoms with Crippen LogP contribution in [0.2, 0.25) is 0 Å². The van der Waals surface area contributed by atoms with E-state index in [1.54, 1.807) is 0 Å². The average molecular weight is 285 g/mol. The number of ketones is 1. The first-order valence-electron chi connectivity index (χ1n) is 6.85. The van der Waals surface area contributed by atoms with Crippen molar-refractivity contribution in [2.45, 2.75) is 57.0 Å². The van der Waals surface area contributed by atoms with Crippen LogP contribution in [-0.4, -0.2) is 34.8 Å². The molecule has 0 aliphatic heterocycles. The lowest BCUT2D eigenvalue weighted by atomic mass is 9.66. The molecule has 0 aromatic rings. The lowest BCUT2D eigenvalue weighted by molar-refractivity contribution is -0.142. The number of amides is 1. The van der Waals surface area contributed by atoms with E-state index in [0.29, 0.717) is 12.8 Å². The van der Waals surface area contributed by atoms with Gasteiger partial charge in [-0.1, -0.05) is 19.3 Å². The highest BCUT2D eigenvalue weighted by atomic mass is 16.4. The van der Waals surface area contributed by atoms with Gasteiger partial charge in [-0.15, -0.1) is 0 Å². The second-order valence-electron chi connectivity index (χ2n) is 5.62. The number of rotatable bonds is 7. The summed E-state index contributed by atoms with van der Waals surface area (Å²) in [4.78, 5) is 34.4. The highest BCUT2D eigenvalue weighted by molar-refractivity contribution is 5.93. The highest BCUT2D eigenvalue weighted by Gasteiger charge is 2.43. The Morgan fingerprint density at radius 1 is 1.05 bits per heavy atom. The van der Waals surface area contributed by atoms with E-state index in [4.69, 9.17) is 22.3 Å². The van der Waals surface area contributed by atoms with Gasteiger partial charge in [-0.25, -0.2) is 0 Å². The van der Waals surface area contributed by atoms with E-state index in [0.717, 1.165) is 19.3 Å². The largest absolute Gasteiger partial charge is 0.481 e. The second kappa shape index (κ2) is 6.81. The maximum Gasteiger partial charge on any atom is 0.305 e. The summed E-state index contributed by atoms with van der Waals surface area (Å²) < 4.78 is 0. The maximum atomic E-state index is 12.5. The summed E-state index contributed by atoms with van der Waals surface area (Å²) in [6, 6.07) is -1.97. The molecule has 2 atom stereocenters. The van der Waals surface area contributed by atoms with E-state index in [1.807, 2.05) is 0 Å². The summed E-state index contributed by atoms with van der Waals surface area (Å²) in [5.41, 5.74) is 15.8. The molecule has 0 saturated heterocycles. The van der Waals surface area contributed by atoms with Crippen molar-refractivity contribution in [2.24, 2.45) is 22.6 Å². The fraction of sp³-hybridized carbons (Fsp3) is 0.769. The molecule has 0 spiro atoms. The molecule has 20 heavy (non-hydrogen) atoms. The van der Waals surface area contributed by atoms with Gasteiger partial charge in [0.2, 0.25) is 5.91 Å². The van der Waals surface area contributed by atoms with E-state index in [1.165, 1.54) is 0 Å². The molecular weight excluding hydrogens is 262 g/mol. The Labute approximate surface area is 117 Å². The molecule has 1 aliphatic rings. The second-order valence-corrected chi connectivity index (χ2v) is 5.62. The number of hydrogen-bond acceptors (Lipinski definition) is 5. The molecule has 0 aromatic heterocycles. The zero-order valence-corrected chi connectivity index (χ0v) is 11.5. The van der Waals surface area contributed by atoms with Gasteiger partial charge in [0, 0.05) is 5.41 Å². The van der Waals surface area contributed by atoms with Gasteiger partial charge in [0.25, 0.3) is 0 Å².